The minimum atomic E-state index is -0.672. The van der Waals surface area contributed by atoms with Crippen molar-refractivity contribution < 1.29 is 4.79 Å². The number of nitrogens with one attached hydrogen (secondary N) is 2. The largest absolute Gasteiger partial charge is 0.382 e. The summed E-state index contributed by atoms with van der Waals surface area (Å²) in [5.74, 6) is 0.632. The zero-order valence-electron chi connectivity index (χ0n) is 15.6. The number of piperidine rings is 1. The van der Waals surface area contributed by atoms with Gasteiger partial charge < -0.3 is 21.3 Å². The standard InChI is InChI=1S/C19H22ClN7O/c1-23-19(18(28)24-11-13-2-4-14(20)5-3-13)6-8-27(9-7-19)17-15(10-21)16(22)25-12-26-17/h2-5,12,23H,6-9,11H2,1H3,(H,24,28)(H2,22,25,26). The summed E-state index contributed by atoms with van der Waals surface area (Å²) < 4.78 is 0. The minimum absolute atomic E-state index is 0.0488. The van der Waals surface area contributed by atoms with Crippen molar-refractivity contribution in [3.8, 4) is 6.07 Å². The molecule has 1 aliphatic rings. The quantitative estimate of drug-likeness (QED) is 0.696. The van der Waals surface area contributed by atoms with E-state index in [1.165, 1.54) is 6.33 Å². The van der Waals surface area contributed by atoms with E-state index in [0.29, 0.717) is 43.3 Å². The number of rotatable bonds is 5. The summed E-state index contributed by atoms with van der Waals surface area (Å²) in [7, 11) is 1.79. The van der Waals surface area contributed by atoms with Crippen LogP contribution in [-0.4, -0.2) is 41.6 Å². The molecule has 0 saturated carbocycles. The van der Waals surface area contributed by atoms with Crippen molar-refractivity contribution in [3.63, 3.8) is 0 Å². The van der Waals surface area contributed by atoms with E-state index in [-0.39, 0.29) is 17.3 Å². The fourth-order valence-electron chi connectivity index (χ4n) is 3.38. The Morgan fingerprint density at radius 3 is 2.61 bits per heavy atom. The van der Waals surface area contributed by atoms with Gasteiger partial charge in [-0.1, -0.05) is 23.7 Å². The molecule has 0 unspecified atom stereocenters. The molecule has 3 rings (SSSR count). The van der Waals surface area contributed by atoms with Gasteiger partial charge in [-0.25, -0.2) is 9.97 Å². The molecule has 2 aromatic rings. The van der Waals surface area contributed by atoms with Gasteiger partial charge in [0.2, 0.25) is 5.91 Å². The average molecular weight is 400 g/mol. The molecular weight excluding hydrogens is 378 g/mol. The molecule has 0 spiro atoms. The van der Waals surface area contributed by atoms with Crippen LogP contribution in [0.4, 0.5) is 11.6 Å². The topological polar surface area (TPSA) is 120 Å². The summed E-state index contributed by atoms with van der Waals surface area (Å²) in [4.78, 5) is 23.0. The summed E-state index contributed by atoms with van der Waals surface area (Å²) in [5.41, 5.74) is 6.37. The number of hydrogen-bond donors (Lipinski definition) is 3. The number of nitrogen functional groups attached to an aromatic ring is 1. The Morgan fingerprint density at radius 1 is 1.32 bits per heavy atom. The van der Waals surface area contributed by atoms with Gasteiger partial charge in [0.15, 0.2) is 5.82 Å². The fourth-order valence-corrected chi connectivity index (χ4v) is 3.51. The lowest BCUT2D eigenvalue weighted by molar-refractivity contribution is -0.128. The molecule has 146 valence electrons. The molecular formula is C19H22ClN7O. The first-order valence-electron chi connectivity index (χ1n) is 8.96. The number of anilines is 2. The molecule has 4 N–H and O–H groups in total. The maximum Gasteiger partial charge on any atom is 0.240 e. The number of nitrogens with zero attached hydrogens (tertiary/aromatic N) is 4. The van der Waals surface area contributed by atoms with E-state index in [4.69, 9.17) is 17.3 Å². The van der Waals surface area contributed by atoms with Crippen LogP contribution >= 0.6 is 11.6 Å². The van der Waals surface area contributed by atoms with Crippen LogP contribution < -0.4 is 21.3 Å². The van der Waals surface area contributed by atoms with E-state index in [1.807, 2.05) is 17.0 Å². The summed E-state index contributed by atoms with van der Waals surface area (Å²) in [6.45, 7) is 1.57. The van der Waals surface area contributed by atoms with Crippen molar-refractivity contribution in [1.29, 1.82) is 5.26 Å². The van der Waals surface area contributed by atoms with Gasteiger partial charge in [0.05, 0.1) is 0 Å². The van der Waals surface area contributed by atoms with Gasteiger partial charge in [0, 0.05) is 24.7 Å². The van der Waals surface area contributed by atoms with Crippen LogP contribution in [0.15, 0.2) is 30.6 Å². The third-order valence-electron chi connectivity index (χ3n) is 5.16. The third-order valence-corrected chi connectivity index (χ3v) is 5.42. The molecule has 9 heteroatoms. The van der Waals surface area contributed by atoms with Gasteiger partial charge in [0.1, 0.15) is 29.3 Å². The van der Waals surface area contributed by atoms with Crippen molar-refractivity contribution >= 4 is 29.1 Å². The van der Waals surface area contributed by atoms with Crippen LogP contribution in [0.3, 0.4) is 0 Å². The number of carbonyl (C=O) groups excluding carboxylic acids is 1. The number of benzene rings is 1. The molecule has 0 aliphatic carbocycles. The average Bonchev–Trinajstić information content (AvgIpc) is 2.73. The van der Waals surface area contributed by atoms with Gasteiger partial charge in [-0.2, -0.15) is 5.26 Å². The normalized spacial score (nSPS) is 15.7. The van der Waals surface area contributed by atoms with Gasteiger partial charge >= 0.3 is 0 Å². The predicted octanol–water partition coefficient (Wildman–Crippen LogP) is 1.46. The first-order valence-corrected chi connectivity index (χ1v) is 9.34. The number of hydrogen-bond acceptors (Lipinski definition) is 7. The third kappa shape index (κ3) is 4.01. The Kier molecular flexibility index (Phi) is 5.97. The van der Waals surface area contributed by atoms with Crippen molar-refractivity contribution in [2.45, 2.75) is 24.9 Å². The van der Waals surface area contributed by atoms with Crippen molar-refractivity contribution in [1.82, 2.24) is 20.6 Å². The maximum absolute atomic E-state index is 12.9. The summed E-state index contributed by atoms with van der Waals surface area (Å²) in [6.07, 6.45) is 2.50. The Hall–Kier alpha value is -2.89. The lowest BCUT2D eigenvalue weighted by Gasteiger charge is -2.41. The number of nitriles is 1. The molecule has 8 nitrogen and oxygen atoms in total. The Bertz CT molecular complexity index is 886. The number of aromatic nitrogens is 2. The fraction of sp³-hybridized carbons (Fsp3) is 0.368. The van der Waals surface area contributed by atoms with E-state index in [0.717, 1.165) is 5.56 Å². The zero-order valence-corrected chi connectivity index (χ0v) is 16.3. The highest BCUT2D eigenvalue weighted by Gasteiger charge is 2.40. The highest BCUT2D eigenvalue weighted by atomic mass is 35.5. The second-order valence-electron chi connectivity index (χ2n) is 6.70. The second kappa shape index (κ2) is 8.42. The van der Waals surface area contributed by atoms with E-state index in [9.17, 15) is 10.1 Å². The summed E-state index contributed by atoms with van der Waals surface area (Å²) in [5, 5.41) is 16.2. The summed E-state index contributed by atoms with van der Waals surface area (Å²) >= 11 is 5.90. The van der Waals surface area contributed by atoms with E-state index >= 15 is 0 Å². The first kappa shape index (κ1) is 19.9. The molecule has 1 amide bonds. The molecule has 1 fully saturated rings. The van der Waals surface area contributed by atoms with E-state index < -0.39 is 5.54 Å². The minimum Gasteiger partial charge on any atom is -0.382 e. The molecule has 2 heterocycles. The Balaban J connectivity index is 1.66. The number of amides is 1. The number of carbonyl (C=O) groups is 1. The lowest BCUT2D eigenvalue weighted by atomic mass is 9.86. The van der Waals surface area contributed by atoms with Crippen LogP contribution in [0.1, 0.15) is 24.0 Å². The van der Waals surface area contributed by atoms with E-state index in [2.05, 4.69) is 26.7 Å². The molecule has 1 saturated heterocycles. The van der Waals surface area contributed by atoms with Crippen LogP contribution in [0.2, 0.25) is 5.02 Å². The van der Waals surface area contributed by atoms with Crippen molar-refractivity contribution in [3.05, 3.63) is 46.7 Å². The SMILES string of the molecule is CNC1(C(=O)NCc2ccc(Cl)cc2)CCN(c2ncnc(N)c2C#N)CC1. The smallest absolute Gasteiger partial charge is 0.240 e. The number of likely N-dealkylation sites (N-methyl/N-ethyl adjacent to an activating group) is 1. The van der Waals surface area contributed by atoms with Crippen LogP contribution in [0, 0.1) is 11.3 Å². The van der Waals surface area contributed by atoms with Crippen LogP contribution in [-0.2, 0) is 11.3 Å². The Labute approximate surface area is 168 Å². The molecule has 0 atom stereocenters. The van der Waals surface area contributed by atoms with Crippen molar-refractivity contribution in [2.75, 3.05) is 30.8 Å². The van der Waals surface area contributed by atoms with E-state index in [1.54, 1.807) is 19.2 Å². The van der Waals surface area contributed by atoms with Crippen LogP contribution in [0.5, 0.6) is 0 Å². The highest BCUT2D eigenvalue weighted by molar-refractivity contribution is 6.30. The lowest BCUT2D eigenvalue weighted by Crippen LogP contribution is -2.61. The molecule has 1 aliphatic heterocycles. The molecule has 0 bridgehead atoms. The molecule has 28 heavy (non-hydrogen) atoms. The molecule has 0 radical (unpaired) electrons. The number of halogens is 1. The molecule has 1 aromatic carbocycles. The number of nitrogens with two attached hydrogens (primary N) is 1. The summed E-state index contributed by atoms with van der Waals surface area (Å²) in [6, 6.07) is 9.45. The molecule has 1 aromatic heterocycles. The zero-order chi connectivity index (χ0) is 20.1. The highest BCUT2D eigenvalue weighted by Crippen LogP contribution is 2.28. The van der Waals surface area contributed by atoms with Crippen LogP contribution in [0.25, 0.3) is 0 Å². The van der Waals surface area contributed by atoms with Crippen molar-refractivity contribution in [2.24, 2.45) is 0 Å². The van der Waals surface area contributed by atoms with Gasteiger partial charge in [-0.3, -0.25) is 4.79 Å². The predicted molar refractivity (Wildman–Crippen MR) is 108 cm³/mol. The Morgan fingerprint density at radius 2 is 2.00 bits per heavy atom. The van der Waals surface area contributed by atoms with Gasteiger partial charge in [0.25, 0.3) is 0 Å². The first-order chi connectivity index (χ1) is 13.5. The van der Waals surface area contributed by atoms with Gasteiger partial charge in [-0.15, -0.1) is 0 Å². The van der Waals surface area contributed by atoms with Gasteiger partial charge in [-0.05, 0) is 37.6 Å². The maximum atomic E-state index is 12.9. The monoisotopic (exact) mass is 399 g/mol. The second-order valence-corrected chi connectivity index (χ2v) is 7.13.